The Balaban J connectivity index is 1.37. The minimum atomic E-state index is -0.676. The summed E-state index contributed by atoms with van der Waals surface area (Å²) in [5, 5.41) is 15.5. The Bertz CT molecular complexity index is 955. The molecule has 5 rings (SSSR count). The van der Waals surface area contributed by atoms with Gasteiger partial charge >= 0.3 is 5.63 Å². The lowest BCUT2D eigenvalue weighted by molar-refractivity contribution is -0.202. The van der Waals surface area contributed by atoms with Crippen molar-refractivity contribution in [3.05, 3.63) is 34.4 Å². The standard InChI is InChI=1S/C27H40N2O4/c1-16(28)24(31)29-19-8-11-25(2)18(14-19)5-6-22-21(25)9-12-26(3)20(10-13-27(22,26)32)17-4-7-23(30)33-15-17/h4,7,15-16,18-22,32H,5-6,8-14,28H2,1-3H3,(H,29,31)/t16?,18-,19+,20-,21+,22-,25+,26-,27+/m1/s1. The van der Waals surface area contributed by atoms with Gasteiger partial charge in [0.1, 0.15) is 0 Å². The van der Waals surface area contributed by atoms with Gasteiger partial charge in [0.2, 0.25) is 5.91 Å². The Morgan fingerprint density at radius 3 is 2.61 bits per heavy atom. The van der Waals surface area contributed by atoms with Crippen molar-refractivity contribution in [2.45, 2.75) is 102 Å². The molecule has 0 bridgehead atoms. The van der Waals surface area contributed by atoms with Crippen LogP contribution in [0.5, 0.6) is 0 Å². The SMILES string of the molecule is CC(N)C(=O)N[C@H]1CC[C@@]2(C)[C@H](CC[C@@H]3[C@@H]2CC[C@]2(C)[C@@H](c4ccc(=O)oc4)CC[C@]32O)C1. The second-order valence-corrected chi connectivity index (χ2v) is 12.1. The fraction of sp³-hybridized carbons (Fsp3) is 0.778. The molecule has 0 aromatic carbocycles. The zero-order valence-corrected chi connectivity index (χ0v) is 20.3. The second-order valence-electron chi connectivity index (χ2n) is 12.1. The molecule has 0 radical (unpaired) electrons. The zero-order chi connectivity index (χ0) is 23.6. The van der Waals surface area contributed by atoms with Crippen LogP contribution < -0.4 is 16.7 Å². The smallest absolute Gasteiger partial charge is 0.335 e. The first kappa shape index (κ1) is 23.1. The third-order valence-electron chi connectivity index (χ3n) is 10.7. The lowest BCUT2D eigenvalue weighted by Crippen LogP contribution is -2.62. The summed E-state index contributed by atoms with van der Waals surface area (Å²) in [6.45, 7) is 6.48. The number of carbonyl (C=O) groups is 1. The molecule has 6 nitrogen and oxygen atoms in total. The minimum Gasteiger partial charge on any atom is -0.431 e. The fourth-order valence-electron chi connectivity index (χ4n) is 8.79. The third kappa shape index (κ3) is 3.43. The summed E-state index contributed by atoms with van der Waals surface area (Å²) < 4.78 is 5.20. The maximum atomic E-state index is 12.3. The summed E-state index contributed by atoms with van der Waals surface area (Å²) in [6, 6.07) is 3.16. The van der Waals surface area contributed by atoms with Crippen LogP contribution in [0.3, 0.4) is 0 Å². The molecule has 1 aromatic heterocycles. The highest BCUT2D eigenvalue weighted by Gasteiger charge is 2.67. The van der Waals surface area contributed by atoms with E-state index in [1.165, 1.54) is 6.07 Å². The number of nitrogens with two attached hydrogens (primary N) is 1. The van der Waals surface area contributed by atoms with Gasteiger partial charge in [-0.15, -0.1) is 0 Å². The van der Waals surface area contributed by atoms with Crippen LogP contribution in [0.4, 0.5) is 0 Å². The van der Waals surface area contributed by atoms with Crippen molar-refractivity contribution in [3.63, 3.8) is 0 Å². The van der Waals surface area contributed by atoms with Crippen LogP contribution >= 0.6 is 0 Å². The molecule has 182 valence electrons. The molecule has 4 aliphatic carbocycles. The van der Waals surface area contributed by atoms with Crippen molar-refractivity contribution in [1.82, 2.24) is 5.32 Å². The Morgan fingerprint density at radius 1 is 1.12 bits per heavy atom. The molecule has 33 heavy (non-hydrogen) atoms. The highest BCUT2D eigenvalue weighted by atomic mass is 16.4. The van der Waals surface area contributed by atoms with Gasteiger partial charge in [-0.05, 0) is 105 Å². The molecule has 4 saturated carbocycles. The molecular weight excluding hydrogens is 416 g/mol. The number of fused-ring (bicyclic) bond motifs is 5. The lowest BCUT2D eigenvalue weighted by atomic mass is 9.43. The fourth-order valence-corrected chi connectivity index (χ4v) is 8.79. The van der Waals surface area contributed by atoms with Gasteiger partial charge in [0.15, 0.2) is 0 Å². The van der Waals surface area contributed by atoms with E-state index in [1.54, 1.807) is 13.2 Å². The van der Waals surface area contributed by atoms with E-state index in [4.69, 9.17) is 10.2 Å². The van der Waals surface area contributed by atoms with Gasteiger partial charge in [0.05, 0.1) is 17.9 Å². The summed E-state index contributed by atoms with van der Waals surface area (Å²) in [6.07, 6.45) is 10.8. The lowest BCUT2D eigenvalue weighted by Gasteiger charge is -2.63. The topological polar surface area (TPSA) is 106 Å². The van der Waals surface area contributed by atoms with Gasteiger partial charge in [0, 0.05) is 17.5 Å². The molecule has 1 aromatic rings. The van der Waals surface area contributed by atoms with Crippen molar-refractivity contribution >= 4 is 5.91 Å². The number of amides is 1. The summed E-state index contributed by atoms with van der Waals surface area (Å²) in [5.74, 6) is 1.59. The molecule has 4 fully saturated rings. The van der Waals surface area contributed by atoms with Gasteiger partial charge in [-0.3, -0.25) is 4.79 Å². The molecule has 4 aliphatic rings. The molecule has 0 spiro atoms. The Labute approximate surface area is 196 Å². The zero-order valence-electron chi connectivity index (χ0n) is 20.3. The maximum Gasteiger partial charge on any atom is 0.335 e. The first-order valence-electron chi connectivity index (χ1n) is 13.0. The van der Waals surface area contributed by atoms with Gasteiger partial charge in [0.25, 0.3) is 0 Å². The first-order valence-corrected chi connectivity index (χ1v) is 13.0. The van der Waals surface area contributed by atoms with Gasteiger partial charge in [-0.2, -0.15) is 0 Å². The average molecular weight is 457 g/mol. The molecule has 0 saturated heterocycles. The van der Waals surface area contributed by atoms with Crippen molar-refractivity contribution < 1.29 is 14.3 Å². The van der Waals surface area contributed by atoms with Crippen molar-refractivity contribution in [2.24, 2.45) is 34.3 Å². The number of hydrogen-bond acceptors (Lipinski definition) is 5. The number of carbonyl (C=O) groups excluding carboxylic acids is 1. The molecule has 1 amide bonds. The van der Waals surface area contributed by atoms with Crippen molar-refractivity contribution in [2.75, 3.05) is 0 Å². The summed E-state index contributed by atoms with van der Waals surface area (Å²) in [5.41, 5.74) is 5.85. The Hall–Kier alpha value is -1.66. The number of rotatable bonds is 3. The summed E-state index contributed by atoms with van der Waals surface area (Å²) >= 11 is 0. The molecule has 0 aliphatic heterocycles. The first-order chi connectivity index (χ1) is 15.6. The van der Waals surface area contributed by atoms with Crippen LogP contribution in [-0.2, 0) is 4.79 Å². The highest BCUT2D eigenvalue weighted by Crippen LogP contribution is 2.70. The van der Waals surface area contributed by atoms with E-state index in [-0.39, 0.29) is 34.3 Å². The van der Waals surface area contributed by atoms with E-state index in [0.29, 0.717) is 17.8 Å². The van der Waals surface area contributed by atoms with Crippen LogP contribution in [-0.4, -0.2) is 28.7 Å². The molecule has 4 N–H and O–H groups in total. The molecule has 9 atom stereocenters. The van der Waals surface area contributed by atoms with E-state index in [1.807, 2.05) is 6.07 Å². The van der Waals surface area contributed by atoms with Crippen LogP contribution in [0.15, 0.2) is 27.6 Å². The molecule has 1 unspecified atom stereocenters. The monoisotopic (exact) mass is 456 g/mol. The van der Waals surface area contributed by atoms with Crippen molar-refractivity contribution in [3.8, 4) is 0 Å². The van der Waals surface area contributed by atoms with Gasteiger partial charge in [-0.1, -0.05) is 13.8 Å². The van der Waals surface area contributed by atoms with Crippen LogP contribution in [0, 0.1) is 28.6 Å². The number of hydrogen-bond donors (Lipinski definition) is 3. The summed E-state index contributed by atoms with van der Waals surface area (Å²) in [4.78, 5) is 23.6. The van der Waals surface area contributed by atoms with E-state index >= 15 is 0 Å². The minimum absolute atomic E-state index is 0.0474. The van der Waals surface area contributed by atoms with Crippen molar-refractivity contribution in [1.29, 1.82) is 0 Å². The molecular formula is C27H40N2O4. The maximum absolute atomic E-state index is 12.3. The highest BCUT2D eigenvalue weighted by molar-refractivity contribution is 5.81. The Morgan fingerprint density at radius 2 is 1.91 bits per heavy atom. The van der Waals surface area contributed by atoms with E-state index in [9.17, 15) is 14.7 Å². The quantitative estimate of drug-likeness (QED) is 0.643. The summed E-state index contributed by atoms with van der Waals surface area (Å²) in [7, 11) is 0. The Kier molecular flexibility index (Phi) is 5.56. The predicted molar refractivity (Wildman–Crippen MR) is 126 cm³/mol. The normalized spacial score (nSPS) is 45.4. The van der Waals surface area contributed by atoms with E-state index in [0.717, 1.165) is 63.4 Å². The third-order valence-corrected chi connectivity index (χ3v) is 10.7. The van der Waals surface area contributed by atoms with E-state index < -0.39 is 11.6 Å². The largest absolute Gasteiger partial charge is 0.431 e. The van der Waals surface area contributed by atoms with Crippen LogP contribution in [0.2, 0.25) is 0 Å². The van der Waals surface area contributed by atoms with Crippen LogP contribution in [0.1, 0.15) is 90.0 Å². The van der Waals surface area contributed by atoms with Gasteiger partial charge < -0.3 is 20.6 Å². The van der Waals surface area contributed by atoms with Gasteiger partial charge in [-0.25, -0.2) is 4.79 Å². The molecule has 1 heterocycles. The predicted octanol–water partition coefficient (Wildman–Crippen LogP) is 3.71. The molecule has 6 heteroatoms. The van der Waals surface area contributed by atoms with Crippen LogP contribution in [0.25, 0.3) is 0 Å². The van der Waals surface area contributed by atoms with E-state index in [2.05, 4.69) is 19.2 Å². The number of nitrogens with one attached hydrogen (secondary N) is 1. The number of aliphatic hydroxyl groups is 1. The second kappa shape index (κ2) is 7.94. The average Bonchev–Trinajstić information content (AvgIpc) is 3.06.